The van der Waals surface area contributed by atoms with E-state index in [9.17, 15) is 4.79 Å². The first-order valence-electron chi connectivity index (χ1n) is 7.43. The number of para-hydroxylation sites is 1. The second-order valence-corrected chi connectivity index (χ2v) is 5.84. The maximum atomic E-state index is 12.4. The highest BCUT2D eigenvalue weighted by Gasteiger charge is 2.27. The third-order valence-electron chi connectivity index (χ3n) is 4.57. The molecule has 3 rings (SSSR count). The van der Waals surface area contributed by atoms with Gasteiger partial charge in [-0.1, -0.05) is 37.8 Å². The monoisotopic (exact) mass is 258 g/mol. The van der Waals surface area contributed by atoms with E-state index in [2.05, 4.69) is 6.07 Å². The van der Waals surface area contributed by atoms with E-state index < -0.39 is 0 Å². The van der Waals surface area contributed by atoms with Gasteiger partial charge in [0.25, 0.3) is 0 Å². The van der Waals surface area contributed by atoms with Crippen LogP contribution in [0.15, 0.2) is 18.2 Å². The smallest absolute Gasteiger partial charge is 0.227 e. The summed E-state index contributed by atoms with van der Waals surface area (Å²) < 4.78 is 0. The second kappa shape index (κ2) is 5.24. The third kappa shape index (κ3) is 2.46. The molecule has 0 radical (unpaired) electrons. The van der Waals surface area contributed by atoms with E-state index in [1.807, 2.05) is 17.0 Å². The van der Waals surface area contributed by atoms with E-state index in [-0.39, 0.29) is 5.91 Å². The van der Waals surface area contributed by atoms with Gasteiger partial charge in [0.05, 0.1) is 11.4 Å². The van der Waals surface area contributed by atoms with Gasteiger partial charge in [0.15, 0.2) is 0 Å². The number of hydrogen-bond acceptors (Lipinski definition) is 2. The molecule has 102 valence electrons. The van der Waals surface area contributed by atoms with E-state index in [1.165, 1.54) is 31.2 Å². The molecule has 1 saturated carbocycles. The minimum absolute atomic E-state index is 0.253. The van der Waals surface area contributed by atoms with Crippen molar-refractivity contribution in [3.05, 3.63) is 23.8 Å². The van der Waals surface area contributed by atoms with Crippen molar-refractivity contribution in [3.63, 3.8) is 0 Å². The van der Waals surface area contributed by atoms with E-state index in [1.54, 1.807) is 0 Å². The van der Waals surface area contributed by atoms with Crippen molar-refractivity contribution in [2.75, 3.05) is 17.2 Å². The van der Waals surface area contributed by atoms with Crippen LogP contribution in [0.5, 0.6) is 0 Å². The standard InChI is InChI=1S/C16H22N2O/c17-14-7-3-6-13-10-11-18(16(13)14)15(19)9-8-12-4-1-2-5-12/h3,6-7,12H,1-2,4-5,8-11,17H2. The number of nitrogen functional groups attached to an aromatic ring is 1. The average Bonchev–Trinajstić information content (AvgIpc) is 3.05. The lowest BCUT2D eigenvalue weighted by Gasteiger charge is -2.20. The molecule has 1 aromatic rings. The van der Waals surface area contributed by atoms with Gasteiger partial charge in [0.1, 0.15) is 0 Å². The maximum Gasteiger partial charge on any atom is 0.227 e. The van der Waals surface area contributed by atoms with Gasteiger partial charge in [0.2, 0.25) is 5.91 Å². The van der Waals surface area contributed by atoms with Crippen LogP contribution in [0.2, 0.25) is 0 Å². The third-order valence-corrected chi connectivity index (χ3v) is 4.57. The van der Waals surface area contributed by atoms with Crippen molar-refractivity contribution in [2.45, 2.75) is 44.9 Å². The fourth-order valence-corrected chi connectivity index (χ4v) is 3.50. The molecule has 3 nitrogen and oxygen atoms in total. The van der Waals surface area contributed by atoms with Crippen molar-refractivity contribution in [1.82, 2.24) is 0 Å². The van der Waals surface area contributed by atoms with Gasteiger partial charge in [-0.2, -0.15) is 0 Å². The van der Waals surface area contributed by atoms with E-state index in [0.717, 1.165) is 36.7 Å². The summed E-state index contributed by atoms with van der Waals surface area (Å²) in [5, 5.41) is 0. The summed E-state index contributed by atoms with van der Waals surface area (Å²) in [7, 11) is 0. The number of hydrogen-bond donors (Lipinski definition) is 1. The fourth-order valence-electron chi connectivity index (χ4n) is 3.50. The zero-order valence-corrected chi connectivity index (χ0v) is 11.4. The zero-order chi connectivity index (χ0) is 13.2. The molecule has 0 aromatic heterocycles. The molecule has 0 atom stereocenters. The Morgan fingerprint density at radius 1 is 1.32 bits per heavy atom. The first-order valence-corrected chi connectivity index (χ1v) is 7.43. The Labute approximate surface area is 114 Å². The molecule has 0 saturated heterocycles. The second-order valence-electron chi connectivity index (χ2n) is 5.84. The molecule has 0 bridgehead atoms. The molecule has 1 amide bonds. The summed E-state index contributed by atoms with van der Waals surface area (Å²) >= 11 is 0. The summed E-state index contributed by atoms with van der Waals surface area (Å²) in [5.41, 5.74) is 8.95. The van der Waals surface area contributed by atoms with Gasteiger partial charge >= 0.3 is 0 Å². The van der Waals surface area contributed by atoms with Gasteiger partial charge in [-0.3, -0.25) is 4.79 Å². The summed E-state index contributed by atoms with van der Waals surface area (Å²) in [6.45, 7) is 0.799. The number of nitrogens with zero attached hydrogens (tertiary/aromatic N) is 1. The quantitative estimate of drug-likeness (QED) is 0.847. The number of carbonyl (C=O) groups is 1. The highest BCUT2D eigenvalue weighted by atomic mass is 16.2. The molecular formula is C16H22N2O. The number of amides is 1. The largest absolute Gasteiger partial charge is 0.397 e. The van der Waals surface area contributed by atoms with Gasteiger partial charge in [0, 0.05) is 13.0 Å². The molecule has 1 aromatic carbocycles. The molecule has 2 N–H and O–H groups in total. The van der Waals surface area contributed by atoms with Crippen molar-refractivity contribution in [3.8, 4) is 0 Å². The van der Waals surface area contributed by atoms with Crippen LogP contribution in [0.4, 0.5) is 11.4 Å². The van der Waals surface area contributed by atoms with Gasteiger partial charge in [-0.25, -0.2) is 0 Å². The molecule has 3 heteroatoms. The normalized spacial score (nSPS) is 18.8. The molecule has 1 aliphatic carbocycles. The van der Waals surface area contributed by atoms with E-state index in [4.69, 9.17) is 5.73 Å². The first-order chi connectivity index (χ1) is 9.25. The lowest BCUT2D eigenvalue weighted by atomic mass is 10.0. The van der Waals surface area contributed by atoms with Crippen LogP contribution in [-0.4, -0.2) is 12.5 Å². The number of benzene rings is 1. The SMILES string of the molecule is Nc1cccc2c1N(C(=O)CCC1CCCC1)CC2. The average molecular weight is 258 g/mol. The maximum absolute atomic E-state index is 12.4. The Morgan fingerprint density at radius 2 is 2.11 bits per heavy atom. The molecule has 1 aliphatic heterocycles. The molecule has 1 fully saturated rings. The van der Waals surface area contributed by atoms with Crippen LogP contribution < -0.4 is 10.6 Å². The van der Waals surface area contributed by atoms with Gasteiger partial charge in [-0.15, -0.1) is 0 Å². The molecule has 2 aliphatic rings. The number of nitrogens with two attached hydrogens (primary N) is 1. The predicted octanol–water partition coefficient (Wildman–Crippen LogP) is 3.13. The highest BCUT2D eigenvalue weighted by Crippen LogP contribution is 2.35. The molecule has 0 spiro atoms. The Morgan fingerprint density at radius 3 is 2.89 bits per heavy atom. The highest BCUT2D eigenvalue weighted by molar-refractivity contribution is 5.98. The summed E-state index contributed by atoms with van der Waals surface area (Å²) in [5.74, 6) is 1.03. The van der Waals surface area contributed by atoms with Crippen molar-refractivity contribution in [1.29, 1.82) is 0 Å². The van der Waals surface area contributed by atoms with Crippen LogP contribution in [0.1, 0.15) is 44.1 Å². The van der Waals surface area contributed by atoms with Crippen LogP contribution in [0.25, 0.3) is 0 Å². The number of fused-ring (bicyclic) bond motifs is 1. The topological polar surface area (TPSA) is 46.3 Å². The lowest BCUT2D eigenvalue weighted by Crippen LogP contribution is -2.29. The van der Waals surface area contributed by atoms with Crippen molar-refractivity contribution in [2.24, 2.45) is 5.92 Å². The lowest BCUT2D eigenvalue weighted by molar-refractivity contribution is -0.118. The molecule has 1 heterocycles. The van der Waals surface area contributed by atoms with Crippen LogP contribution in [-0.2, 0) is 11.2 Å². The molecule has 0 unspecified atom stereocenters. The number of anilines is 2. The predicted molar refractivity (Wildman–Crippen MR) is 78.1 cm³/mol. The van der Waals surface area contributed by atoms with E-state index >= 15 is 0 Å². The van der Waals surface area contributed by atoms with Gasteiger partial charge < -0.3 is 10.6 Å². The first kappa shape index (κ1) is 12.5. The number of rotatable bonds is 3. The summed E-state index contributed by atoms with van der Waals surface area (Å²) in [4.78, 5) is 14.3. The molecular weight excluding hydrogens is 236 g/mol. The minimum atomic E-state index is 0.253. The van der Waals surface area contributed by atoms with E-state index in [0.29, 0.717) is 6.42 Å². The van der Waals surface area contributed by atoms with Crippen molar-refractivity contribution < 1.29 is 4.79 Å². The molecule has 19 heavy (non-hydrogen) atoms. The Bertz CT molecular complexity index is 478. The van der Waals surface area contributed by atoms with Gasteiger partial charge in [-0.05, 0) is 30.4 Å². The fraction of sp³-hybridized carbons (Fsp3) is 0.562. The number of carbonyl (C=O) groups excluding carboxylic acids is 1. The summed E-state index contributed by atoms with van der Waals surface area (Å²) in [6, 6.07) is 5.94. The minimum Gasteiger partial charge on any atom is -0.397 e. The van der Waals surface area contributed by atoms with Crippen LogP contribution in [0, 0.1) is 5.92 Å². The summed E-state index contributed by atoms with van der Waals surface area (Å²) in [6.07, 6.45) is 7.99. The van der Waals surface area contributed by atoms with Crippen LogP contribution >= 0.6 is 0 Å². The Hall–Kier alpha value is -1.51. The Balaban J connectivity index is 1.66. The van der Waals surface area contributed by atoms with Crippen LogP contribution in [0.3, 0.4) is 0 Å². The Kier molecular flexibility index (Phi) is 3.45. The zero-order valence-electron chi connectivity index (χ0n) is 11.4. The van der Waals surface area contributed by atoms with Crippen molar-refractivity contribution >= 4 is 17.3 Å².